The van der Waals surface area contributed by atoms with E-state index in [1.54, 1.807) is 54.9 Å². The van der Waals surface area contributed by atoms with Gasteiger partial charge in [0.1, 0.15) is 28.6 Å². The highest BCUT2D eigenvalue weighted by Gasteiger charge is 2.47. The Balaban J connectivity index is 1.41. The molecule has 2 unspecified atom stereocenters. The summed E-state index contributed by atoms with van der Waals surface area (Å²) in [7, 11) is 0. The van der Waals surface area contributed by atoms with Crippen molar-refractivity contribution in [3.63, 3.8) is 0 Å². The van der Waals surface area contributed by atoms with Gasteiger partial charge in [-0.3, -0.25) is 14.3 Å². The van der Waals surface area contributed by atoms with Crippen LogP contribution in [-0.4, -0.2) is 36.7 Å². The number of rotatable bonds is 6. The number of nitrogens with zero attached hydrogens (tertiary/aromatic N) is 4. The van der Waals surface area contributed by atoms with Gasteiger partial charge in [-0.25, -0.2) is 14.4 Å². The molecule has 0 saturated heterocycles. The third kappa shape index (κ3) is 3.96. The number of para-hydroxylation sites is 1. The number of hydrogen-bond acceptors (Lipinski definition) is 6. The van der Waals surface area contributed by atoms with Gasteiger partial charge in [0.2, 0.25) is 5.91 Å². The number of nitrogens with two attached hydrogens (primary N) is 1. The van der Waals surface area contributed by atoms with Crippen molar-refractivity contribution < 1.29 is 19.1 Å². The summed E-state index contributed by atoms with van der Waals surface area (Å²) in [6, 6.07) is 20.8. The Morgan fingerprint density at radius 1 is 1.07 bits per heavy atom. The zero-order valence-electron chi connectivity index (χ0n) is 21.7. The van der Waals surface area contributed by atoms with E-state index in [-0.39, 0.29) is 23.4 Å². The summed E-state index contributed by atoms with van der Waals surface area (Å²) in [6.45, 7) is 3.76. The smallest absolute Gasteiger partial charge is 0.310 e. The summed E-state index contributed by atoms with van der Waals surface area (Å²) in [6.07, 6.45) is 0. The van der Waals surface area contributed by atoms with Crippen molar-refractivity contribution >= 4 is 34.4 Å². The monoisotopic (exact) mass is 536 g/mol. The zero-order valence-corrected chi connectivity index (χ0v) is 21.7. The van der Waals surface area contributed by atoms with Gasteiger partial charge in [0.15, 0.2) is 5.82 Å². The molecule has 2 aromatic heterocycles. The minimum atomic E-state index is -1.17. The van der Waals surface area contributed by atoms with Crippen LogP contribution in [0.1, 0.15) is 42.0 Å². The van der Waals surface area contributed by atoms with Crippen LogP contribution in [0.5, 0.6) is 0 Å². The number of carbonyl (C=O) groups is 2. The lowest BCUT2D eigenvalue weighted by atomic mass is 9.77. The first kappa shape index (κ1) is 25.2. The number of hydrogen-bond donors (Lipinski definition) is 3. The van der Waals surface area contributed by atoms with Crippen molar-refractivity contribution in [2.24, 2.45) is 0 Å². The molecule has 0 bridgehead atoms. The van der Waals surface area contributed by atoms with Crippen LogP contribution in [-0.2, 0) is 21.5 Å². The molecule has 9 nitrogen and oxygen atoms in total. The molecular formula is C30H25FN6O3. The molecule has 200 valence electrons. The Morgan fingerprint density at radius 3 is 2.48 bits per heavy atom. The van der Waals surface area contributed by atoms with Crippen molar-refractivity contribution in [2.75, 3.05) is 11.1 Å². The topological polar surface area (TPSA) is 136 Å². The van der Waals surface area contributed by atoms with Gasteiger partial charge in [-0.2, -0.15) is 5.10 Å². The van der Waals surface area contributed by atoms with E-state index in [1.165, 1.54) is 12.1 Å². The minimum absolute atomic E-state index is 0.140. The maximum absolute atomic E-state index is 13.4. The van der Waals surface area contributed by atoms with E-state index in [2.05, 4.69) is 15.3 Å². The second-order valence-electron chi connectivity index (χ2n) is 10.1. The minimum Gasteiger partial charge on any atom is -0.481 e. The first-order valence-corrected chi connectivity index (χ1v) is 12.7. The van der Waals surface area contributed by atoms with E-state index in [0.29, 0.717) is 34.7 Å². The molecule has 4 N–H and O–H groups in total. The number of benzene rings is 3. The molecule has 0 aliphatic carbocycles. The second kappa shape index (κ2) is 9.26. The molecule has 10 heteroatoms. The molecule has 3 heterocycles. The number of carboxylic acid groups (broad SMARTS) is 1. The van der Waals surface area contributed by atoms with Crippen LogP contribution < -0.4 is 11.1 Å². The summed E-state index contributed by atoms with van der Waals surface area (Å²) in [5, 5.41) is 17.8. The largest absolute Gasteiger partial charge is 0.481 e. The molecule has 1 amide bonds. The van der Waals surface area contributed by atoms with E-state index in [9.17, 15) is 19.1 Å². The highest BCUT2D eigenvalue weighted by molar-refractivity contribution is 6.09. The number of carbonyl (C=O) groups excluding carboxylic acids is 1. The van der Waals surface area contributed by atoms with Crippen LogP contribution in [0.4, 0.5) is 16.0 Å². The fraction of sp³-hybridized carbons (Fsp3) is 0.167. The average molecular weight is 537 g/mol. The van der Waals surface area contributed by atoms with Gasteiger partial charge in [0.05, 0.1) is 23.5 Å². The number of fused-ring (bicyclic) bond motifs is 2. The van der Waals surface area contributed by atoms with Crippen LogP contribution >= 0.6 is 0 Å². The van der Waals surface area contributed by atoms with Crippen molar-refractivity contribution in [3.8, 4) is 11.5 Å². The first-order chi connectivity index (χ1) is 19.2. The van der Waals surface area contributed by atoms with Crippen molar-refractivity contribution in [1.82, 2.24) is 19.7 Å². The fourth-order valence-electron chi connectivity index (χ4n) is 5.21. The number of anilines is 2. The summed E-state index contributed by atoms with van der Waals surface area (Å²) in [5.41, 5.74) is 9.27. The first-order valence-electron chi connectivity index (χ1n) is 12.7. The third-order valence-electron chi connectivity index (χ3n) is 7.60. The predicted octanol–water partition coefficient (Wildman–Crippen LogP) is 4.71. The summed E-state index contributed by atoms with van der Waals surface area (Å²) in [4.78, 5) is 34.0. The standard InChI is InChI=1S/C30H25FN6O3/c1-16(28(38)39)18-9-11-19(12-10-18)30(2)23-25(32)33-27(34-26(23)35-29(30)40)24-21-5-3-4-6-22(21)37(36-24)15-17-7-13-20(31)14-8-17/h3-14,16H,15H2,1-2H3,(H,38,39)(H3,32,33,34,35,40). The summed E-state index contributed by atoms with van der Waals surface area (Å²) in [5.74, 6) is -1.53. The van der Waals surface area contributed by atoms with Gasteiger partial charge in [-0.1, -0.05) is 54.6 Å². The zero-order chi connectivity index (χ0) is 28.2. The van der Waals surface area contributed by atoms with Gasteiger partial charge in [-0.05, 0) is 48.7 Å². The van der Waals surface area contributed by atoms with Gasteiger partial charge in [-0.15, -0.1) is 0 Å². The number of amides is 1. The summed E-state index contributed by atoms with van der Waals surface area (Å²) < 4.78 is 15.2. The van der Waals surface area contributed by atoms with Gasteiger partial charge < -0.3 is 16.2 Å². The molecule has 5 aromatic rings. The normalized spacial score (nSPS) is 17.0. The lowest BCUT2D eigenvalue weighted by molar-refractivity contribution is -0.138. The van der Waals surface area contributed by atoms with E-state index < -0.39 is 17.3 Å². The van der Waals surface area contributed by atoms with Crippen LogP contribution in [0.3, 0.4) is 0 Å². The maximum Gasteiger partial charge on any atom is 0.310 e. The van der Waals surface area contributed by atoms with Crippen molar-refractivity contribution in [3.05, 3.63) is 101 Å². The van der Waals surface area contributed by atoms with Crippen molar-refractivity contribution in [1.29, 1.82) is 0 Å². The van der Waals surface area contributed by atoms with E-state index in [1.807, 2.05) is 24.3 Å². The number of carboxylic acids is 1. The lowest BCUT2D eigenvalue weighted by Crippen LogP contribution is -2.33. The molecule has 3 aromatic carbocycles. The fourth-order valence-corrected chi connectivity index (χ4v) is 5.21. The summed E-state index contributed by atoms with van der Waals surface area (Å²) >= 11 is 0. The molecule has 1 aliphatic heterocycles. The lowest BCUT2D eigenvalue weighted by Gasteiger charge is -2.24. The van der Waals surface area contributed by atoms with Crippen LogP contribution in [0.2, 0.25) is 0 Å². The molecule has 1 aliphatic rings. The molecular weight excluding hydrogens is 511 g/mol. The second-order valence-corrected chi connectivity index (χ2v) is 10.1. The maximum atomic E-state index is 13.4. The number of nitrogen functional groups attached to an aromatic ring is 1. The van der Waals surface area contributed by atoms with Crippen LogP contribution in [0.15, 0.2) is 72.8 Å². The Kier molecular flexibility index (Phi) is 5.83. The SMILES string of the molecule is CC(C(=O)O)c1ccc(C2(C)C(=O)Nc3nc(-c4nn(Cc5ccc(F)cc5)c5ccccc45)nc(N)c32)cc1. The van der Waals surface area contributed by atoms with Gasteiger partial charge in [0.25, 0.3) is 0 Å². The Hall–Kier alpha value is -5.12. The molecule has 0 fully saturated rings. The van der Waals surface area contributed by atoms with Crippen LogP contribution in [0, 0.1) is 5.82 Å². The van der Waals surface area contributed by atoms with Crippen molar-refractivity contribution in [2.45, 2.75) is 31.7 Å². The highest BCUT2D eigenvalue weighted by Crippen LogP contribution is 2.45. The quantitative estimate of drug-likeness (QED) is 0.286. The van der Waals surface area contributed by atoms with E-state index in [0.717, 1.165) is 16.5 Å². The number of aliphatic carboxylic acids is 1. The Bertz CT molecular complexity index is 1800. The number of nitrogens with one attached hydrogen (secondary N) is 1. The van der Waals surface area contributed by atoms with Crippen LogP contribution in [0.25, 0.3) is 22.4 Å². The number of halogens is 1. The molecule has 6 rings (SSSR count). The average Bonchev–Trinajstić information content (AvgIpc) is 3.44. The Morgan fingerprint density at radius 2 is 1.77 bits per heavy atom. The molecule has 0 saturated carbocycles. The predicted molar refractivity (Wildman–Crippen MR) is 148 cm³/mol. The number of aromatic nitrogens is 4. The van der Waals surface area contributed by atoms with Gasteiger partial charge in [0, 0.05) is 5.39 Å². The van der Waals surface area contributed by atoms with E-state index in [4.69, 9.17) is 10.8 Å². The molecule has 0 spiro atoms. The highest BCUT2D eigenvalue weighted by atomic mass is 19.1. The third-order valence-corrected chi connectivity index (χ3v) is 7.60. The van der Waals surface area contributed by atoms with E-state index >= 15 is 0 Å². The Labute approximate surface area is 228 Å². The molecule has 40 heavy (non-hydrogen) atoms. The molecule has 2 atom stereocenters. The van der Waals surface area contributed by atoms with Gasteiger partial charge >= 0.3 is 5.97 Å². The molecule has 0 radical (unpaired) electrons.